The Hall–Kier alpha value is -1.39. The topological polar surface area (TPSA) is 52.6 Å². The van der Waals surface area contributed by atoms with E-state index in [2.05, 4.69) is 5.32 Å². The van der Waals surface area contributed by atoms with E-state index in [0.29, 0.717) is 0 Å². The Kier molecular flexibility index (Phi) is 4.93. The number of amides is 1. The van der Waals surface area contributed by atoms with Crippen LogP contribution in [0.1, 0.15) is 28.8 Å². The van der Waals surface area contributed by atoms with Crippen LogP contribution in [0.25, 0.3) is 0 Å². The smallest absolute Gasteiger partial charge is 0.254 e. The van der Waals surface area contributed by atoms with Crippen LogP contribution >= 0.6 is 0 Å². The number of rotatable bonds is 5. The Morgan fingerprint density at radius 3 is 3.00 bits per heavy atom. The molecule has 1 aliphatic rings. The van der Waals surface area contributed by atoms with Gasteiger partial charge in [-0.1, -0.05) is 18.2 Å². The molecule has 104 valence electrons. The summed E-state index contributed by atoms with van der Waals surface area (Å²) in [6.45, 7) is 1.67. The molecule has 1 fully saturated rings. The number of likely N-dealkylation sites (tertiary alicyclic amines) is 1. The van der Waals surface area contributed by atoms with Crippen LogP contribution in [0, 0.1) is 0 Å². The van der Waals surface area contributed by atoms with Gasteiger partial charge in [-0.15, -0.1) is 0 Å². The molecule has 1 heterocycles. The van der Waals surface area contributed by atoms with Gasteiger partial charge in [0.2, 0.25) is 0 Å². The number of carbonyl (C=O) groups is 1. The molecular formula is C15H22N2O2. The molecule has 1 aromatic rings. The van der Waals surface area contributed by atoms with Crippen LogP contribution in [0.15, 0.2) is 24.3 Å². The number of benzene rings is 1. The van der Waals surface area contributed by atoms with Crippen molar-refractivity contribution in [3.63, 3.8) is 0 Å². The zero-order valence-electron chi connectivity index (χ0n) is 11.4. The van der Waals surface area contributed by atoms with E-state index >= 15 is 0 Å². The third-order valence-corrected chi connectivity index (χ3v) is 3.74. The third kappa shape index (κ3) is 3.14. The number of nitrogens with one attached hydrogen (secondary N) is 1. The van der Waals surface area contributed by atoms with Gasteiger partial charge >= 0.3 is 0 Å². The molecule has 4 heteroatoms. The second kappa shape index (κ2) is 6.68. The lowest BCUT2D eigenvalue weighted by atomic mass is 10.0. The van der Waals surface area contributed by atoms with Gasteiger partial charge in [0.25, 0.3) is 5.91 Å². The molecule has 0 aliphatic carbocycles. The Balaban J connectivity index is 2.18. The average molecular weight is 262 g/mol. The zero-order chi connectivity index (χ0) is 13.7. The minimum Gasteiger partial charge on any atom is -0.394 e. The summed E-state index contributed by atoms with van der Waals surface area (Å²) >= 11 is 0. The van der Waals surface area contributed by atoms with E-state index in [1.807, 2.05) is 36.2 Å². The third-order valence-electron chi connectivity index (χ3n) is 3.74. The maximum Gasteiger partial charge on any atom is 0.254 e. The fourth-order valence-electron chi connectivity index (χ4n) is 2.65. The second-order valence-electron chi connectivity index (χ2n) is 4.99. The first kappa shape index (κ1) is 14.0. The molecule has 2 N–H and O–H groups in total. The van der Waals surface area contributed by atoms with Crippen molar-refractivity contribution in [2.45, 2.75) is 25.3 Å². The van der Waals surface area contributed by atoms with Crippen molar-refractivity contribution in [1.82, 2.24) is 10.2 Å². The molecule has 1 aromatic carbocycles. The number of aliphatic hydroxyl groups is 1. The van der Waals surface area contributed by atoms with Gasteiger partial charge in [-0.2, -0.15) is 0 Å². The van der Waals surface area contributed by atoms with E-state index in [-0.39, 0.29) is 18.6 Å². The van der Waals surface area contributed by atoms with E-state index in [1.165, 1.54) is 0 Å². The van der Waals surface area contributed by atoms with Crippen molar-refractivity contribution in [2.24, 2.45) is 0 Å². The van der Waals surface area contributed by atoms with Gasteiger partial charge in [0, 0.05) is 12.1 Å². The number of hydrogen-bond acceptors (Lipinski definition) is 3. The Labute approximate surface area is 114 Å². The highest BCUT2D eigenvalue weighted by molar-refractivity contribution is 5.96. The molecule has 4 nitrogen and oxygen atoms in total. The number of likely N-dealkylation sites (N-methyl/N-ethyl adjacent to an activating group) is 1. The molecule has 0 saturated carbocycles. The van der Waals surface area contributed by atoms with Crippen molar-refractivity contribution in [3.05, 3.63) is 35.4 Å². The van der Waals surface area contributed by atoms with Crippen LogP contribution in [-0.2, 0) is 6.42 Å². The van der Waals surface area contributed by atoms with Crippen LogP contribution in [0.2, 0.25) is 0 Å². The molecular weight excluding hydrogens is 240 g/mol. The van der Waals surface area contributed by atoms with Crippen LogP contribution < -0.4 is 5.32 Å². The lowest BCUT2D eigenvalue weighted by Crippen LogP contribution is -2.38. The van der Waals surface area contributed by atoms with E-state index in [4.69, 9.17) is 0 Å². The first-order chi connectivity index (χ1) is 9.27. The number of aliphatic hydroxyl groups excluding tert-OH is 1. The number of hydrogen-bond donors (Lipinski definition) is 2. The van der Waals surface area contributed by atoms with Crippen LogP contribution in [-0.4, -0.2) is 48.7 Å². The van der Waals surface area contributed by atoms with E-state index < -0.39 is 0 Å². The van der Waals surface area contributed by atoms with Gasteiger partial charge in [-0.05, 0) is 44.5 Å². The summed E-state index contributed by atoms with van der Waals surface area (Å²) in [5, 5.41) is 12.4. The van der Waals surface area contributed by atoms with Gasteiger partial charge < -0.3 is 15.3 Å². The molecule has 1 saturated heterocycles. The highest BCUT2D eigenvalue weighted by Gasteiger charge is 2.29. The van der Waals surface area contributed by atoms with Gasteiger partial charge in [-0.3, -0.25) is 4.79 Å². The van der Waals surface area contributed by atoms with Crippen LogP contribution in [0.3, 0.4) is 0 Å². The highest BCUT2D eigenvalue weighted by Crippen LogP contribution is 2.21. The van der Waals surface area contributed by atoms with Crippen molar-refractivity contribution in [2.75, 3.05) is 26.7 Å². The lowest BCUT2D eigenvalue weighted by molar-refractivity contribution is 0.0676. The maximum atomic E-state index is 12.6. The van der Waals surface area contributed by atoms with Gasteiger partial charge in [-0.25, -0.2) is 0 Å². The fourth-order valence-corrected chi connectivity index (χ4v) is 2.65. The molecule has 0 spiro atoms. The molecule has 2 rings (SSSR count). The first-order valence-electron chi connectivity index (χ1n) is 6.92. The summed E-state index contributed by atoms with van der Waals surface area (Å²) in [5.74, 6) is 0.0586. The molecule has 1 amide bonds. The summed E-state index contributed by atoms with van der Waals surface area (Å²) in [4.78, 5) is 14.4. The lowest BCUT2D eigenvalue weighted by Gasteiger charge is -2.24. The maximum absolute atomic E-state index is 12.6. The summed E-state index contributed by atoms with van der Waals surface area (Å²) < 4.78 is 0. The molecule has 0 aromatic heterocycles. The number of carbonyl (C=O) groups excluding carboxylic acids is 1. The van der Waals surface area contributed by atoms with E-state index in [9.17, 15) is 9.90 Å². The molecule has 0 bridgehead atoms. The van der Waals surface area contributed by atoms with Crippen molar-refractivity contribution in [1.29, 1.82) is 0 Å². The Bertz CT molecular complexity index is 434. The monoisotopic (exact) mass is 262 g/mol. The first-order valence-corrected chi connectivity index (χ1v) is 6.92. The van der Waals surface area contributed by atoms with Crippen molar-refractivity contribution in [3.8, 4) is 0 Å². The standard InChI is InChI=1S/C15H22N2O2/c1-16-9-8-12-5-2-3-7-14(12)15(19)17-10-4-6-13(17)11-18/h2-3,5,7,13,16,18H,4,6,8-11H2,1H3. The fraction of sp³-hybridized carbons (Fsp3) is 0.533. The van der Waals surface area contributed by atoms with E-state index in [1.54, 1.807) is 0 Å². The average Bonchev–Trinajstić information content (AvgIpc) is 2.93. The molecule has 0 radical (unpaired) electrons. The summed E-state index contributed by atoms with van der Waals surface area (Å²) in [7, 11) is 1.91. The van der Waals surface area contributed by atoms with Crippen LogP contribution in [0.5, 0.6) is 0 Å². The number of nitrogens with zero attached hydrogens (tertiary/aromatic N) is 1. The molecule has 1 unspecified atom stereocenters. The van der Waals surface area contributed by atoms with E-state index in [0.717, 1.165) is 43.5 Å². The van der Waals surface area contributed by atoms with Gasteiger partial charge in [0.15, 0.2) is 0 Å². The molecule has 1 atom stereocenters. The molecule has 19 heavy (non-hydrogen) atoms. The van der Waals surface area contributed by atoms with Crippen LogP contribution in [0.4, 0.5) is 0 Å². The minimum absolute atomic E-state index is 0.00939. The summed E-state index contributed by atoms with van der Waals surface area (Å²) in [6, 6.07) is 7.76. The van der Waals surface area contributed by atoms with Gasteiger partial charge in [0.05, 0.1) is 12.6 Å². The predicted molar refractivity (Wildman–Crippen MR) is 75.2 cm³/mol. The predicted octanol–water partition coefficient (Wildman–Crippen LogP) is 1.05. The zero-order valence-corrected chi connectivity index (χ0v) is 11.4. The summed E-state index contributed by atoms with van der Waals surface area (Å²) in [6.07, 6.45) is 2.73. The largest absolute Gasteiger partial charge is 0.394 e. The minimum atomic E-state index is -0.00939. The van der Waals surface area contributed by atoms with Crippen molar-refractivity contribution >= 4 is 5.91 Å². The Morgan fingerprint density at radius 2 is 2.26 bits per heavy atom. The SMILES string of the molecule is CNCCc1ccccc1C(=O)N1CCCC1CO. The quantitative estimate of drug-likeness (QED) is 0.834. The second-order valence-corrected chi connectivity index (χ2v) is 4.99. The Morgan fingerprint density at radius 1 is 1.47 bits per heavy atom. The highest BCUT2D eigenvalue weighted by atomic mass is 16.3. The summed E-state index contributed by atoms with van der Waals surface area (Å²) in [5.41, 5.74) is 1.85. The molecule has 1 aliphatic heterocycles. The normalized spacial score (nSPS) is 18.8. The van der Waals surface area contributed by atoms with Crippen molar-refractivity contribution < 1.29 is 9.90 Å². The van der Waals surface area contributed by atoms with Gasteiger partial charge in [0.1, 0.15) is 0 Å².